The summed E-state index contributed by atoms with van der Waals surface area (Å²) in [6.07, 6.45) is 3.84. The van der Waals surface area contributed by atoms with Crippen LogP contribution in [-0.2, 0) is 4.79 Å². The second kappa shape index (κ2) is 8.28. The molecule has 0 aromatic heterocycles. The third kappa shape index (κ3) is 4.92. The van der Waals surface area contributed by atoms with Crippen LogP contribution >= 0.6 is 0 Å². The minimum atomic E-state index is -0.606. The molecule has 2 aliphatic rings. The zero-order valence-electron chi connectivity index (χ0n) is 15.4. The summed E-state index contributed by atoms with van der Waals surface area (Å²) in [5.41, 5.74) is -0.606. The van der Waals surface area contributed by atoms with Crippen molar-refractivity contribution in [2.75, 3.05) is 46.3 Å². The third-order valence-corrected chi connectivity index (χ3v) is 5.33. The Morgan fingerprint density at radius 3 is 2.33 bits per heavy atom. The van der Waals surface area contributed by atoms with E-state index >= 15 is 0 Å². The fourth-order valence-corrected chi connectivity index (χ4v) is 3.98. The monoisotopic (exact) mass is 336 g/mol. The van der Waals surface area contributed by atoms with Gasteiger partial charge in [-0.05, 0) is 25.8 Å². The van der Waals surface area contributed by atoms with E-state index in [9.17, 15) is 15.2 Å². The number of hydrogen-bond donors (Lipinski definition) is 1. The lowest BCUT2D eigenvalue weighted by Crippen LogP contribution is -2.54. The van der Waals surface area contributed by atoms with Crippen LogP contribution in [0.15, 0.2) is 0 Å². The fraction of sp³-hybridized carbons (Fsp3) is 0.889. The minimum absolute atomic E-state index is 0.0680. The van der Waals surface area contributed by atoms with Crippen molar-refractivity contribution in [1.82, 2.24) is 14.7 Å². The van der Waals surface area contributed by atoms with Gasteiger partial charge in [-0.1, -0.05) is 26.7 Å². The van der Waals surface area contributed by atoms with E-state index in [0.717, 1.165) is 38.8 Å². The molecular formula is C18H32N4O2. The van der Waals surface area contributed by atoms with Crippen LogP contribution < -0.4 is 0 Å². The van der Waals surface area contributed by atoms with Crippen molar-refractivity contribution in [2.24, 2.45) is 5.92 Å². The van der Waals surface area contributed by atoms with Gasteiger partial charge < -0.3 is 10.0 Å². The number of carbonyl (C=O) groups is 1. The summed E-state index contributed by atoms with van der Waals surface area (Å²) >= 11 is 0. The summed E-state index contributed by atoms with van der Waals surface area (Å²) < 4.78 is 0. The summed E-state index contributed by atoms with van der Waals surface area (Å²) in [5.74, 6) is 0.423. The van der Waals surface area contributed by atoms with E-state index in [4.69, 9.17) is 0 Å². The Morgan fingerprint density at radius 2 is 1.83 bits per heavy atom. The van der Waals surface area contributed by atoms with Gasteiger partial charge in [-0.25, -0.2) is 0 Å². The molecule has 6 nitrogen and oxygen atoms in total. The molecular weight excluding hydrogens is 304 g/mol. The maximum atomic E-state index is 12.5. The Kier molecular flexibility index (Phi) is 6.62. The standard InChI is InChI=1S/C18H32N4O2/c1-15(2)16(12-19)21-8-10-22(11-9-21)17(23)13-20(3)14-18(24)6-4-5-7-18/h15-16,24H,4-11,13-14H2,1-3H3/t16-/m1/s1. The van der Waals surface area contributed by atoms with Crippen LogP contribution in [0.4, 0.5) is 0 Å². The number of hydrogen-bond acceptors (Lipinski definition) is 5. The Balaban J connectivity index is 1.77. The summed E-state index contributed by atoms with van der Waals surface area (Å²) in [7, 11) is 1.91. The highest BCUT2D eigenvalue weighted by Crippen LogP contribution is 2.29. The van der Waals surface area contributed by atoms with E-state index in [0.29, 0.717) is 32.1 Å². The van der Waals surface area contributed by atoms with Crippen LogP contribution in [0.3, 0.4) is 0 Å². The van der Waals surface area contributed by atoms with Crippen molar-refractivity contribution in [3.63, 3.8) is 0 Å². The number of aliphatic hydroxyl groups is 1. The normalized spacial score (nSPS) is 22.8. The predicted molar refractivity (Wildman–Crippen MR) is 93.3 cm³/mol. The molecule has 2 rings (SSSR count). The summed E-state index contributed by atoms with van der Waals surface area (Å²) in [6.45, 7) is 7.94. The van der Waals surface area contributed by atoms with Crippen LogP contribution in [0.1, 0.15) is 39.5 Å². The zero-order chi connectivity index (χ0) is 17.7. The maximum Gasteiger partial charge on any atom is 0.236 e. The Bertz CT molecular complexity index is 460. The van der Waals surface area contributed by atoms with Crippen LogP contribution in [0.5, 0.6) is 0 Å². The molecule has 1 N–H and O–H groups in total. The number of piperazine rings is 1. The molecule has 1 saturated heterocycles. The zero-order valence-corrected chi connectivity index (χ0v) is 15.4. The number of nitriles is 1. The largest absolute Gasteiger partial charge is 0.389 e. The van der Waals surface area contributed by atoms with Gasteiger partial charge in [0.25, 0.3) is 0 Å². The second-order valence-corrected chi connectivity index (χ2v) is 7.84. The number of carbonyl (C=O) groups excluding carboxylic acids is 1. The molecule has 1 atom stereocenters. The highest BCUT2D eigenvalue weighted by molar-refractivity contribution is 5.78. The SMILES string of the molecule is CC(C)[C@@H](C#N)N1CCN(C(=O)CN(C)CC2(O)CCCC2)CC1. The lowest BCUT2D eigenvalue weighted by Gasteiger charge is -2.39. The van der Waals surface area contributed by atoms with Gasteiger partial charge in [0.1, 0.15) is 6.04 Å². The van der Waals surface area contributed by atoms with Gasteiger partial charge in [-0.2, -0.15) is 5.26 Å². The average molecular weight is 336 g/mol. The maximum absolute atomic E-state index is 12.5. The quantitative estimate of drug-likeness (QED) is 0.781. The van der Waals surface area contributed by atoms with E-state index in [1.165, 1.54) is 0 Å². The van der Waals surface area contributed by atoms with E-state index in [1.807, 2.05) is 16.8 Å². The number of nitrogens with zero attached hydrogens (tertiary/aromatic N) is 4. The van der Waals surface area contributed by atoms with Crippen LogP contribution in [-0.4, -0.2) is 83.7 Å². The van der Waals surface area contributed by atoms with Crippen LogP contribution in [0, 0.1) is 17.2 Å². The first-order valence-corrected chi connectivity index (χ1v) is 9.17. The molecule has 0 unspecified atom stereocenters. The summed E-state index contributed by atoms with van der Waals surface area (Å²) in [6, 6.07) is 2.31. The molecule has 1 saturated carbocycles. The topological polar surface area (TPSA) is 70.8 Å². The van der Waals surface area contributed by atoms with Gasteiger partial charge >= 0.3 is 0 Å². The van der Waals surface area contributed by atoms with Crippen molar-refractivity contribution in [2.45, 2.75) is 51.2 Å². The molecule has 1 aliphatic heterocycles. The molecule has 6 heteroatoms. The summed E-state index contributed by atoms with van der Waals surface area (Å²) in [4.78, 5) is 18.5. The lowest BCUT2D eigenvalue weighted by molar-refractivity contribution is -0.134. The number of amides is 1. The molecule has 0 radical (unpaired) electrons. The molecule has 24 heavy (non-hydrogen) atoms. The Hall–Kier alpha value is -1.16. The second-order valence-electron chi connectivity index (χ2n) is 7.84. The van der Waals surface area contributed by atoms with Crippen molar-refractivity contribution in [3.8, 4) is 6.07 Å². The molecule has 0 aromatic carbocycles. The van der Waals surface area contributed by atoms with E-state index in [2.05, 4.69) is 24.8 Å². The highest BCUT2D eigenvalue weighted by atomic mass is 16.3. The van der Waals surface area contributed by atoms with Crippen molar-refractivity contribution in [3.05, 3.63) is 0 Å². The van der Waals surface area contributed by atoms with E-state index in [-0.39, 0.29) is 11.9 Å². The molecule has 0 spiro atoms. The predicted octanol–water partition coefficient (Wildman–Crippen LogP) is 0.916. The van der Waals surface area contributed by atoms with Crippen LogP contribution in [0.2, 0.25) is 0 Å². The Morgan fingerprint density at radius 1 is 1.25 bits per heavy atom. The summed E-state index contributed by atoms with van der Waals surface area (Å²) in [5, 5.41) is 19.8. The first kappa shape index (κ1) is 19.2. The van der Waals surface area contributed by atoms with Crippen molar-refractivity contribution in [1.29, 1.82) is 5.26 Å². The van der Waals surface area contributed by atoms with E-state index < -0.39 is 5.60 Å². The highest BCUT2D eigenvalue weighted by Gasteiger charge is 2.33. The first-order valence-electron chi connectivity index (χ1n) is 9.17. The molecule has 1 aliphatic carbocycles. The van der Waals surface area contributed by atoms with Crippen molar-refractivity contribution >= 4 is 5.91 Å². The van der Waals surface area contributed by atoms with Crippen molar-refractivity contribution < 1.29 is 9.90 Å². The molecule has 1 heterocycles. The van der Waals surface area contributed by atoms with Crippen LogP contribution in [0.25, 0.3) is 0 Å². The molecule has 136 valence electrons. The van der Waals surface area contributed by atoms with Gasteiger partial charge in [0.05, 0.1) is 18.2 Å². The van der Waals surface area contributed by atoms with E-state index in [1.54, 1.807) is 0 Å². The molecule has 1 amide bonds. The average Bonchev–Trinajstić information content (AvgIpc) is 2.94. The van der Waals surface area contributed by atoms with Gasteiger partial charge in [-0.3, -0.25) is 14.6 Å². The van der Waals surface area contributed by atoms with Gasteiger partial charge in [0, 0.05) is 32.7 Å². The minimum Gasteiger partial charge on any atom is -0.389 e. The first-order chi connectivity index (χ1) is 11.3. The molecule has 0 aromatic rings. The molecule has 0 bridgehead atoms. The number of rotatable bonds is 6. The smallest absolute Gasteiger partial charge is 0.236 e. The third-order valence-electron chi connectivity index (χ3n) is 5.33. The fourth-order valence-electron chi connectivity index (χ4n) is 3.98. The van der Waals surface area contributed by atoms with Gasteiger partial charge in [-0.15, -0.1) is 0 Å². The van der Waals surface area contributed by atoms with Gasteiger partial charge in [0.2, 0.25) is 5.91 Å². The molecule has 2 fully saturated rings. The lowest BCUT2D eigenvalue weighted by atomic mass is 10.0. The number of likely N-dealkylation sites (N-methyl/N-ethyl adjacent to an activating group) is 1. The van der Waals surface area contributed by atoms with Gasteiger partial charge in [0.15, 0.2) is 0 Å². The Labute approximate surface area is 146 Å².